The summed E-state index contributed by atoms with van der Waals surface area (Å²) in [6, 6.07) is 4.45. The fourth-order valence-corrected chi connectivity index (χ4v) is 4.15. The van der Waals surface area contributed by atoms with E-state index in [4.69, 9.17) is 0 Å². The highest BCUT2D eigenvalue weighted by Crippen LogP contribution is 2.33. The first-order valence-electron chi connectivity index (χ1n) is 10.3. The van der Waals surface area contributed by atoms with Crippen LogP contribution in [0.1, 0.15) is 53.8 Å². The van der Waals surface area contributed by atoms with Gasteiger partial charge in [0, 0.05) is 11.8 Å². The number of carbonyl (C=O) groups excluding carboxylic acids is 3. The normalized spacial score (nSPS) is 17.9. The number of nitrogens with one attached hydrogen (secondary N) is 2. The maximum absolute atomic E-state index is 13.1. The molecule has 33 heavy (non-hydrogen) atoms. The Balaban J connectivity index is 1.64. The lowest BCUT2D eigenvalue weighted by Gasteiger charge is -2.30. The van der Waals surface area contributed by atoms with E-state index in [-0.39, 0.29) is 11.4 Å². The number of alkyl halides is 3. The van der Waals surface area contributed by atoms with Gasteiger partial charge in [-0.15, -0.1) is 0 Å². The molecule has 2 aromatic rings. The third kappa shape index (κ3) is 4.08. The molecule has 1 saturated carbocycles. The summed E-state index contributed by atoms with van der Waals surface area (Å²) >= 11 is 0. The Morgan fingerprint density at radius 1 is 1.12 bits per heavy atom. The summed E-state index contributed by atoms with van der Waals surface area (Å²) < 4.78 is 40.3. The number of imide groups is 1. The Morgan fingerprint density at radius 3 is 2.48 bits per heavy atom. The van der Waals surface area contributed by atoms with E-state index in [1.807, 2.05) is 0 Å². The second-order valence-corrected chi connectivity index (χ2v) is 8.11. The fourth-order valence-electron chi connectivity index (χ4n) is 4.15. The average Bonchev–Trinajstić information content (AvgIpc) is 2.97. The van der Waals surface area contributed by atoms with Crippen molar-refractivity contribution in [1.82, 2.24) is 25.5 Å². The lowest BCUT2D eigenvalue weighted by atomic mass is 9.82. The average molecular weight is 463 g/mol. The topological polar surface area (TPSA) is 113 Å². The van der Waals surface area contributed by atoms with E-state index in [9.17, 15) is 32.3 Å². The van der Waals surface area contributed by atoms with Crippen molar-refractivity contribution in [2.24, 2.45) is 0 Å². The van der Waals surface area contributed by atoms with Gasteiger partial charge >= 0.3 is 12.2 Å². The van der Waals surface area contributed by atoms with Crippen LogP contribution in [0.4, 0.5) is 18.0 Å². The van der Waals surface area contributed by atoms with Gasteiger partial charge in [-0.25, -0.2) is 9.48 Å². The predicted molar refractivity (Wildman–Crippen MR) is 108 cm³/mol. The zero-order valence-corrected chi connectivity index (χ0v) is 17.5. The molecular formula is C21H20F3N5O4. The quantitative estimate of drug-likeness (QED) is 0.679. The number of amides is 4. The van der Waals surface area contributed by atoms with Crippen molar-refractivity contribution >= 4 is 17.8 Å². The zero-order chi connectivity index (χ0) is 24.0. The van der Waals surface area contributed by atoms with E-state index in [1.165, 1.54) is 19.1 Å². The fraction of sp³-hybridized carbons (Fsp3) is 0.381. The van der Waals surface area contributed by atoms with Gasteiger partial charge in [0.05, 0.1) is 11.3 Å². The Hall–Kier alpha value is -3.70. The minimum Gasteiger partial charge on any atom is -0.322 e. The molecule has 1 aliphatic heterocycles. The van der Waals surface area contributed by atoms with Crippen molar-refractivity contribution < 1.29 is 27.6 Å². The summed E-state index contributed by atoms with van der Waals surface area (Å²) in [5.41, 5.74) is -1.22. The van der Waals surface area contributed by atoms with Crippen LogP contribution in [0, 0.1) is 6.92 Å². The lowest BCUT2D eigenvalue weighted by Crippen LogP contribution is -2.51. The largest absolute Gasteiger partial charge is 0.416 e. The van der Waals surface area contributed by atoms with Crippen LogP contribution in [-0.4, -0.2) is 38.2 Å². The Labute approximate surface area is 185 Å². The number of hydrogen-bond acceptors (Lipinski definition) is 5. The molecule has 1 aromatic carbocycles. The molecule has 1 spiro atoms. The van der Waals surface area contributed by atoms with Crippen molar-refractivity contribution in [3.05, 3.63) is 57.5 Å². The monoisotopic (exact) mass is 463 g/mol. The molecule has 0 radical (unpaired) electrons. The molecule has 1 saturated heterocycles. The standard InChI is InChI=1S/C21H20F3N5O4/c1-12-10-15(30)16(26-28(12)14-7-5-6-13(11-14)21(22,23)24)17(31)27-29-18(32)20(25-19(29)33)8-3-2-4-9-20/h5-7,10-11H,2-4,8-9H2,1H3,(H,25,33)(H,27,31). The van der Waals surface area contributed by atoms with Gasteiger partial charge in [-0.2, -0.15) is 23.3 Å². The highest BCUT2D eigenvalue weighted by atomic mass is 19.4. The van der Waals surface area contributed by atoms with E-state index in [2.05, 4.69) is 15.8 Å². The summed E-state index contributed by atoms with van der Waals surface area (Å²) in [6.07, 6.45) is -1.30. The molecule has 2 N–H and O–H groups in total. The van der Waals surface area contributed by atoms with Crippen LogP contribution < -0.4 is 16.2 Å². The molecule has 2 aliphatic rings. The Kier molecular flexibility index (Phi) is 5.46. The molecule has 174 valence electrons. The number of nitrogens with zero attached hydrogens (tertiary/aromatic N) is 3. The van der Waals surface area contributed by atoms with Gasteiger partial charge in [0.25, 0.3) is 11.8 Å². The van der Waals surface area contributed by atoms with Gasteiger partial charge in [-0.1, -0.05) is 25.3 Å². The molecular weight excluding hydrogens is 443 g/mol. The van der Waals surface area contributed by atoms with E-state index in [0.29, 0.717) is 17.9 Å². The number of aromatic nitrogens is 2. The number of hydrazine groups is 1. The molecule has 0 bridgehead atoms. The first-order valence-corrected chi connectivity index (χ1v) is 10.3. The van der Waals surface area contributed by atoms with Gasteiger partial charge in [0.1, 0.15) is 5.54 Å². The van der Waals surface area contributed by atoms with E-state index >= 15 is 0 Å². The first kappa shape index (κ1) is 22.5. The van der Waals surface area contributed by atoms with Crippen LogP contribution in [0.2, 0.25) is 0 Å². The van der Waals surface area contributed by atoms with E-state index in [0.717, 1.165) is 42.1 Å². The van der Waals surface area contributed by atoms with Crippen LogP contribution in [0.5, 0.6) is 0 Å². The number of aryl methyl sites for hydroxylation is 1. The second-order valence-electron chi connectivity index (χ2n) is 8.11. The molecule has 9 nitrogen and oxygen atoms in total. The third-order valence-electron chi connectivity index (χ3n) is 5.82. The van der Waals surface area contributed by atoms with Gasteiger partial charge in [-0.05, 0) is 38.0 Å². The molecule has 1 aliphatic carbocycles. The van der Waals surface area contributed by atoms with E-state index in [1.54, 1.807) is 0 Å². The molecule has 1 aromatic heterocycles. The van der Waals surface area contributed by atoms with Crippen molar-refractivity contribution in [2.75, 3.05) is 0 Å². The molecule has 2 fully saturated rings. The Morgan fingerprint density at radius 2 is 1.82 bits per heavy atom. The van der Waals surface area contributed by atoms with Gasteiger partial charge in [0.2, 0.25) is 5.43 Å². The summed E-state index contributed by atoms with van der Waals surface area (Å²) in [7, 11) is 0. The first-order chi connectivity index (χ1) is 15.5. The maximum Gasteiger partial charge on any atom is 0.416 e. The Bertz CT molecular complexity index is 1200. The molecule has 0 unspecified atom stereocenters. The van der Waals surface area contributed by atoms with Crippen molar-refractivity contribution in [3.63, 3.8) is 0 Å². The smallest absolute Gasteiger partial charge is 0.322 e. The van der Waals surface area contributed by atoms with Crippen molar-refractivity contribution in [2.45, 2.75) is 50.7 Å². The highest BCUT2D eigenvalue weighted by Gasteiger charge is 2.52. The van der Waals surface area contributed by atoms with Crippen LogP contribution in [0.3, 0.4) is 0 Å². The van der Waals surface area contributed by atoms with Gasteiger partial charge < -0.3 is 5.32 Å². The molecule has 12 heteroatoms. The second kappa shape index (κ2) is 8.01. The van der Waals surface area contributed by atoms with Crippen molar-refractivity contribution in [3.8, 4) is 5.69 Å². The molecule has 2 heterocycles. The molecule has 4 rings (SSSR count). The minimum atomic E-state index is -4.60. The molecule has 4 amide bonds. The highest BCUT2D eigenvalue weighted by molar-refractivity contribution is 6.09. The van der Waals surface area contributed by atoms with Gasteiger partial charge in [0.15, 0.2) is 5.69 Å². The van der Waals surface area contributed by atoms with Crippen LogP contribution >= 0.6 is 0 Å². The SMILES string of the molecule is Cc1cc(=O)c(C(=O)NN2C(=O)NC3(CCCCC3)C2=O)nn1-c1cccc(C(F)(F)F)c1. The summed E-state index contributed by atoms with van der Waals surface area (Å²) in [5.74, 6) is -1.75. The van der Waals surface area contributed by atoms with E-state index < -0.39 is 46.2 Å². The van der Waals surface area contributed by atoms with Crippen LogP contribution in [0.25, 0.3) is 5.69 Å². The van der Waals surface area contributed by atoms with Crippen LogP contribution in [0.15, 0.2) is 35.1 Å². The summed E-state index contributed by atoms with van der Waals surface area (Å²) in [5, 5.41) is 7.07. The van der Waals surface area contributed by atoms with Crippen molar-refractivity contribution in [1.29, 1.82) is 0 Å². The number of hydrogen-bond donors (Lipinski definition) is 2. The van der Waals surface area contributed by atoms with Crippen LogP contribution in [-0.2, 0) is 11.0 Å². The zero-order valence-electron chi connectivity index (χ0n) is 17.5. The number of urea groups is 1. The number of carbonyl (C=O) groups is 3. The maximum atomic E-state index is 13.1. The summed E-state index contributed by atoms with van der Waals surface area (Å²) in [6.45, 7) is 1.45. The number of halogens is 3. The number of rotatable bonds is 3. The number of benzene rings is 1. The predicted octanol–water partition coefficient (Wildman–Crippen LogP) is 2.46. The molecule has 0 atom stereocenters. The third-order valence-corrected chi connectivity index (χ3v) is 5.82. The minimum absolute atomic E-state index is 0.0208. The van der Waals surface area contributed by atoms with Gasteiger partial charge in [-0.3, -0.25) is 19.8 Å². The summed E-state index contributed by atoms with van der Waals surface area (Å²) in [4.78, 5) is 50.4. The lowest BCUT2D eigenvalue weighted by molar-refractivity contribution is -0.137.